The van der Waals surface area contributed by atoms with Crippen molar-refractivity contribution in [2.75, 3.05) is 5.32 Å². The van der Waals surface area contributed by atoms with Crippen molar-refractivity contribution in [3.63, 3.8) is 0 Å². The van der Waals surface area contributed by atoms with Crippen LogP contribution in [0.5, 0.6) is 5.88 Å². The second-order valence-corrected chi connectivity index (χ2v) is 7.65. The van der Waals surface area contributed by atoms with Gasteiger partial charge in [0.15, 0.2) is 5.65 Å². The average molecular weight is 419 g/mol. The number of aromatic hydroxyl groups is 1. The molecule has 158 valence electrons. The number of pyridine rings is 1. The predicted molar refractivity (Wildman–Crippen MR) is 112 cm³/mol. The van der Waals surface area contributed by atoms with Crippen molar-refractivity contribution in [3.8, 4) is 5.88 Å². The summed E-state index contributed by atoms with van der Waals surface area (Å²) >= 11 is 0. The summed E-state index contributed by atoms with van der Waals surface area (Å²) in [6.07, 6.45) is 7.01. The topological polar surface area (TPSA) is 149 Å². The molecule has 0 amide bonds. The highest BCUT2D eigenvalue weighted by molar-refractivity contribution is 5.57. The Balaban J connectivity index is 1.62. The van der Waals surface area contributed by atoms with Crippen LogP contribution in [0.2, 0.25) is 0 Å². The highest BCUT2D eigenvalue weighted by Gasteiger charge is 2.21. The maximum absolute atomic E-state index is 11.5. The molecule has 1 aliphatic rings. The lowest BCUT2D eigenvalue weighted by Crippen LogP contribution is -2.25. The van der Waals surface area contributed by atoms with Gasteiger partial charge in [-0.25, -0.2) is 9.79 Å². The lowest BCUT2D eigenvalue weighted by Gasteiger charge is -2.13. The van der Waals surface area contributed by atoms with Crippen LogP contribution in [0, 0.1) is 6.92 Å². The predicted octanol–water partition coefficient (Wildman–Crippen LogP) is 0.334. The summed E-state index contributed by atoms with van der Waals surface area (Å²) in [7, 11) is 0. The Bertz CT molecular complexity index is 1450. The third-order valence-corrected chi connectivity index (χ3v) is 4.98. The quantitative estimate of drug-likeness (QED) is 0.364. The number of aryl methyl sites for hydroxylation is 1. The zero-order chi connectivity index (χ0) is 21.5. The van der Waals surface area contributed by atoms with Crippen LogP contribution in [0.1, 0.15) is 42.8 Å². The van der Waals surface area contributed by atoms with Gasteiger partial charge >= 0.3 is 5.69 Å². The van der Waals surface area contributed by atoms with E-state index in [1.54, 1.807) is 23.0 Å². The Labute approximate surface area is 175 Å². The Morgan fingerprint density at radius 1 is 1.35 bits per heavy atom. The van der Waals surface area contributed by atoms with E-state index in [0.29, 0.717) is 22.4 Å². The molecule has 11 heteroatoms. The molecule has 1 aliphatic carbocycles. The highest BCUT2D eigenvalue weighted by Crippen LogP contribution is 2.22. The molecule has 4 heterocycles. The zero-order valence-corrected chi connectivity index (χ0v) is 17.0. The molecule has 4 aromatic rings. The fraction of sp³-hybridized carbons (Fsp3) is 0.300. The molecule has 1 saturated carbocycles. The number of imidazole rings is 1. The smallest absolute Gasteiger partial charge is 0.326 e. The fourth-order valence-corrected chi connectivity index (χ4v) is 3.21. The molecule has 0 bridgehead atoms. The van der Waals surface area contributed by atoms with E-state index in [9.17, 15) is 9.90 Å². The molecule has 0 aliphatic heterocycles. The van der Waals surface area contributed by atoms with Gasteiger partial charge in [-0.05, 0) is 50.5 Å². The molecular formula is C20H21N9O2. The van der Waals surface area contributed by atoms with Crippen molar-refractivity contribution in [1.29, 1.82) is 0 Å². The van der Waals surface area contributed by atoms with E-state index < -0.39 is 5.69 Å². The van der Waals surface area contributed by atoms with Crippen LogP contribution in [0.15, 0.2) is 34.3 Å². The number of aromatic nitrogens is 7. The zero-order valence-electron chi connectivity index (χ0n) is 17.0. The van der Waals surface area contributed by atoms with Gasteiger partial charge in [-0.1, -0.05) is 0 Å². The number of aromatic amines is 2. The van der Waals surface area contributed by atoms with Crippen LogP contribution in [0.25, 0.3) is 11.7 Å². The molecule has 5 rings (SSSR count). The van der Waals surface area contributed by atoms with Crippen molar-refractivity contribution in [2.24, 2.45) is 4.99 Å². The van der Waals surface area contributed by atoms with Crippen LogP contribution in [-0.4, -0.2) is 45.7 Å². The summed E-state index contributed by atoms with van der Waals surface area (Å²) in [4.78, 5) is 34.5. The van der Waals surface area contributed by atoms with Crippen LogP contribution in [0.3, 0.4) is 0 Å². The summed E-state index contributed by atoms with van der Waals surface area (Å²) in [5.41, 5.74) is 2.69. The van der Waals surface area contributed by atoms with E-state index in [2.05, 4.69) is 40.3 Å². The second kappa shape index (κ2) is 7.35. The molecule has 1 unspecified atom stereocenters. The monoisotopic (exact) mass is 419 g/mol. The lowest BCUT2D eigenvalue weighted by atomic mass is 10.1. The van der Waals surface area contributed by atoms with Crippen molar-refractivity contribution < 1.29 is 5.11 Å². The first-order chi connectivity index (χ1) is 15.0. The van der Waals surface area contributed by atoms with E-state index in [1.807, 2.05) is 26.0 Å². The molecule has 11 nitrogen and oxygen atoms in total. The number of rotatable bonds is 5. The first-order valence-electron chi connectivity index (χ1n) is 9.98. The van der Waals surface area contributed by atoms with Crippen molar-refractivity contribution >= 4 is 17.7 Å². The minimum Gasteiger partial charge on any atom is -0.493 e. The first kappa shape index (κ1) is 19.0. The number of hydrogen-bond acceptors (Lipinski definition) is 8. The van der Waals surface area contributed by atoms with Gasteiger partial charge in [0.05, 0.1) is 24.0 Å². The molecule has 0 spiro atoms. The standard InChI is InChI=1S/C20H21N9O2/c1-10-5-6-21-14(7-10)11(2)23-18-26-16-12(8-15-17(30)27-20(31)25-15)9-22-29(16)19(28-18)24-13-3-4-13/h5-9,11,13,30H,3-4H2,1-2H3,(H,23,24,28)(H2,25,27,31)/b12-8+. The van der Waals surface area contributed by atoms with Crippen molar-refractivity contribution in [1.82, 2.24) is 34.5 Å². The van der Waals surface area contributed by atoms with E-state index >= 15 is 0 Å². The Kier molecular flexibility index (Phi) is 4.50. The van der Waals surface area contributed by atoms with Crippen LogP contribution < -0.4 is 21.8 Å². The van der Waals surface area contributed by atoms with Gasteiger partial charge in [-0.15, -0.1) is 0 Å². The molecule has 4 N–H and O–H groups in total. The van der Waals surface area contributed by atoms with E-state index in [0.717, 1.165) is 24.1 Å². The van der Waals surface area contributed by atoms with Gasteiger partial charge in [-0.3, -0.25) is 9.97 Å². The molecule has 1 fully saturated rings. The van der Waals surface area contributed by atoms with Crippen molar-refractivity contribution in [3.05, 3.63) is 62.8 Å². The molecule has 31 heavy (non-hydrogen) atoms. The van der Waals surface area contributed by atoms with E-state index in [1.165, 1.54) is 0 Å². The number of nitrogens with one attached hydrogen (secondary N) is 3. The number of H-pyrrole nitrogens is 2. The van der Waals surface area contributed by atoms with Gasteiger partial charge in [0.2, 0.25) is 11.8 Å². The molecule has 1 atom stereocenters. The Hall–Kier alpha value is -4.02. The maximum Gasteiger partial charge on any atom is 0.326 e. The summed E-state index contributed by atoms with van der Waals surface area (Å²) in [5.74, 6) is 0.142. The van der Waals surface area contributed by atoms with Crippen molar-refractivity contribution in [2.45, 2.75) is 38.8 Å². The Morgan fingerprint density at radius 3 is 2.90 bits per heavy atom. The van der Waals surface area contributed by atoms with Crippen LogP contribution >= 0.6 is 0 Å². The molecule has 4 aromatic heterocycles. The van der Waals surface area contributed by atoms with Gasteiger partial charge in [0.1, 0.15) is 5.69 Å². The molecule has 0 radical (unpaired) electrons. The molecular weight excluding hydrogens is 398 g/mol. The summed E-state index contributed by atoms with van der Waals surface area (Å²) in [5, 5.41) is 18.2. The van der Waals surface area contributed by atoms with Gasteiger partial charge in [0.25, 0.3) is 5.62 Å². The number of hydrogen-bond donors (Lipinski definition) is 4. The summed E-state index contributed by atoms with van der Waals surface area (Å²) in [6, 6.07) is 4.06. The Morgan fingerprint density at radius 2 is 2.19 bits per heavy atom. The lowest BCUT2D eigenvalue weighted by molar-refractivity contribution is 0.454. The van der Waals surface area contributed by atoms with Gasteiger partial charge in [-0.2, -0.15) is 19.6 Å². The minimum atomic E-state index is -0.499. The molecule has 0 saturated heterocycles. The second-order valence-electron chi connectivity index (χ2n) is 7.65. The third-order valence-electron chi connectivity index (χ3n) is 4.98. The van der Waals surface area contributed by atoms with E-state index in [4.69, 9.17) is 0 Å². The number of fused-ring (bicyclic) bond motifs is 1. The normalized spacial score (nSPS) is 16.2. The maximum atomic E-state index is 11.5. The average Bonchev–Trinajstić information content (AvgIpc) is 3.37. The third kappa shape index (κ3) is 3.89. The summed E-state index contributed by atoms with van der Waals surface area (Å²) < 4.78 is 1.56. The fourth-order valence-electron chi connectivity index (χ4n) is 3.21. The largest absolute Gasteiger partial charge is 0.493 e. The summed E-state index contributed by atoms with van der Waals surface area (Å²) in [6.45, 7) is 4.00. The van der Waals surface area contributed by atoms with Gasteiger partial charge < -0.3 is 15.4 Å². The highest BCUT2D eigenvalue weighted by atomic mass is 16.3. The minimum absolute atomic E-state index is 0.128. The first-order valence-corrected chi connectivity index (χ1v) is 9.98. The number of anilines is 1. The van der Waals surface area contributed by atoms with Crippen LogP contribution in [0.4, 0.5) is 5.95 Å². The number of nitrogens with zero attached hydrogens (tertiary/aromatic N) is 6. The van der Waals surface area contributed by atoms with Gasteiger partial charge in [0, 0.05) is 11.4 Å². The molecule has 0 aromatic carbocycles. The van der Waals surface area contributed by atoms with Crippen LogP contribution in [-0.2, 0) is 0 Å². The van der Waals surface area contributed by atoms with E-state index in [-0.39, 0.29) is 23.7 Å². The SMILES string of the molecule is Cc1ccnc(C(C)Nc2nc(=NC3CC3)n3nc/c(=C\c4[nH]c(=O)[nH]c4O)c3n2)c1.